The largest absolute Gasteiger partial charge is 0.417 e. The Bertz CT molecular complexity index is 602. The van der Waals surface area contributed by atoms with Gasteiger partial charge in [0.15, 0.2) is 12.3 Å². The number of hydrogen-bond donors (Lipinski definition) is 2. The number of nitrogens with one attached hydrogen (secondary N) is 1. The van der Waals surface area contributed by atoms with E-state index in [-0.39, 0.29) is 0 Å². The van der Waals surface area contributed by atoms with Crippen LogP contribution in [0.15, 0.2) is 24.3 Å². The smallest absolute Gasteiger partial charge is 0.381 e. The van der Waals surface area contributed by atoms with Gasteiger partial charge in [-0.1, -0.05) is 18.2 Å². The Morgan fingerprint density at radius 3 is 2.04 bits per heavy atom. The van der Waals surface area contributed by atoms with Crippen molar-refractivity contribution in [3.05, 3.63) is 35.6 Å². The van der Waals surface area contributed by atoms with Gasteiger partial charge in [-0.15, -0.1) is 0 Å². The van der Waals surface area contributed by atoms with Gasteiger partial charge in [-0.2, -0.15) is 13.2 Å². The Balaban J connectivity index is 3.42. The van der Waals surface area contributed by atoms with Crippen LogP contribution in [0.1, 0.15) is 33.3 Å². The first-order valence-electron chi connectivity index (χ1n) is 7.05. The fraction of sp³-hybridized carbons (Fsp3) is 0.600. The lowest BCUT2D eigenvalue weighted by Gasteiger charge is -2.38. The lowest BCUT2D eigenvalue weighted by atomic mass is 9.85. The van der Waals surface area contributed by atoms with Crippen LogP contribution in [0.25, 0.3) is 0 Å². The number of aliphatic hydroxyl groups is 1. The minimum Gasteiger partial charge on any atom is -0.381 e. The molecule has 0 aliphatic heterocycles. The summed E-state index contributed by atoms with van der Waals surface area (Å²) in [6, 6.07) is 4.62. The lowest BCUT2D eigenvalue weighted by molar-refractivity contribution is -0.228. The molecule has 1 aromatic rings. The molecule has 0 aliphatic carbocycles. The predicted octanol–water partition coefficient (Wildman–Crippen LogP) is 3.35. The van der Waals surface area contributed by atoms with Crippen molar-refractivity contribution in [1.82, 2.24) is 4.72 Å². The van der Waals surface area contributed by atoms with E-state index in [1.54, 1.807) is 0 Å². The Hall–Kier alpha value is -1.06. The van der Waals surface area contributed by atoms with E-state index in [1.807, 2.05) is 0 Å². The van der Waals surface area contributed by atoms with Gasteiger partial charge in [0.05, 0.1) is 21.3 Å². The van der Waals surface area contributed by atoms with Gasteiger partial charge in [-0.25, -0.2) is 17.7 Å². The molecule has 0 saturated heterocycles. The van der Waals surface area contributed by atoms with Crippen LogP contribution in [0.5, 0.6) is 0 Å². The van der Waals surface area contributed by atoms with Crippen LogP contribution < -0.4 is 4.72 Å². The van der Waals surface area contributed by atoms with Crippen molar-refractivity contribution >= 4 is 11.0 Å². The summed E-state index contributed by atoms with van der Waals surface area (Å²) in [5.41, 5.74) is -2.82. The van der Waals surface area contributed by atoms with E-state index in [9.17, 15) is 31.3 Å². The van der Waals surface area contributed by atoms with E-state index >= 15 is 0 Å². The molecular formula is C15H20F5NO2S. The Morgan fingerprint density at radius 2 is 1.62 bits per heavy atom. The first kappa shape index (κ1) is 21.0. The quantitative estimate of drug-likeness (QED) is 0.778. The molecule has 24 heavy (non-hydrogen) atoms. The topological polar surface area (TPSA) is 49.3 Å². The minimum absolute atomic E-state index is 0.460. The molecule has 0 bridgehead atoms. The maximum Gasteiger partial charge on any atom is 0.417 e. The molecule has 0 aromatic heterocycles. The van der Waals surface area contributed by atoms with Gasteiger partial charge in [0.1, 0.15) is 5.82 Å². The fourth-order valence-electron chi connectivity index (χ4n) is 1.97. The first-order chi connectivity index (χ1) is 10.7. The van der Waals surface area contributed by atoms with Crippen molar-refractivity contribution in [2.24, 2.45) is 0 Å². The van der Waals surface area contributed by atoms with E-state index in [4.69, 9.17) is 0 Å². The van der Waals surface area contributed by atoms with E-state index in [0.717, 1.165) is 19.1 Å². The standard InChI is InChI=1S/C15H20F5NO2S/c1-13(2,3)24(23)21-14(4,9-7-5-6-8-10(9)16)11(17)12(22)15(18,19)20/h5-8,11-12,21-22H,1-4H3/t11-,12-,14+,24?/m0/s1. The van der Waals surface area contributed by atoms with Crippen molar-refractivity contribution < 1.29 is 31.3 Å². The molecule has 9 heteroatoms. The molecule has 3 nitrogen and oxygen atoms in total. The predicted molar refractivity (Wildman–Crippen MR) is 81.7 cm³/mol. The van der Waals surface area contributed by atoms with Gasteiger partial charge < -0.3 is 5.11 Å². The maximum absolute atomic E-state index is 14.6. The van der Waals surface area contributed by atoms with Gasteiger partial charge in [0.2, 0.25) is 0 Å². The molecule has 2 N–H and O–H groups in total. The molecule has 1 rings (SSSR count). The summed E-state index contributed by atoms with van der Waals surface area (Å²) < 4.78 is 80.5. The zero-order chi connectivity index (χ0) is 18.9. The fourth-order valence-corrected chi connectivity index (χ4v) is 2.88. The van der Waals surface area contributed by atoms with Crippen LogP contribution in [0.3, 0.4) is 0 Å². The van der Waals surface area contributed by atoms with Gasteiger partial charge in [-0.3, -0.25) is 0 Å². The van der Waals surface area contributed by atoms with Gasteiger partial charge >= 0.3 is 6.18 Å². The second-order valence-electron chi connectivity index (χ2n) is 6.55. The molecule has 0 spiro atoms. The lowest BCUT2D eigenvalue weighted by Crippen LogP contribution is -2.58. The molecule has 4 atom stereocenters. The van der Waals surface area contributed by atoms with Gasteiger partial charge in [0.25, 0.3) is 0 Å². The second-order valence-corrected chi connectivity index (χ2v) is 8.52. The van der Waals surface area contributed by atoms with Crippen LogP contribution >= 0.6 is 0 Å². The van der Waals surface area contributed by atoms with Crippen molar-refractivity contribution in [2.45, 2.75) is 56.4 Å². The molecule has 0 radical (unpaired) electrons. The molecule has 0 fully saturated rings. The highest BCUT2D eigenvalue weighted by molar-refractivity contribution is 7.84. The number of aliphatic hydroxyl groups excluding tert-OH is 1. The zero-order valence-electron chi connectivity index (χ0n) is 13.6. The monoisotopic (exact) mass is 373 g/mol. The molecular weight excluding hydrogens is 353 g/mol. The van der Waals surface area contributed by atoms with Gasteiger partial charge in [0, 0.05) is 5.56 Å². The first-order valence-corrected chi connectivity index (χ1v) is 8.20. The normalized spacial score (nSPS) is 19.4. The number of alkyl halides is 4. The summed E-state index contributed by atoms with van der Waals surface area (Å²) in [6.07, 6.45) is -11.6. The van der Waals surface area contributed by atoms with Crippen molar-refractivity contribution in [3.8, 4) is 0 Å². The van der Waals surface area contributed by atoms with Crippen LogP contribution in [0, 0.1) is 5.82 Å². The Kier molecular flexibility index (Phi) is 6.16. The number of halogens is 5. The highest BCUT2D eigenvalue weighted by Crippen LogP contribution is 2.37. The highest BCUT2D eigenvalue weighted by Gasteiger charge is 2.53. The van der Waals surface area contributed by atoms with Crippen LogP contribution in [-0.4, -0.2) is 32.5 Å². The highest BCUT2D eigenvalue weighted by atomic mass is 32.2. The third kappa shape index (κ3) is 4.52. The van der Waals surface area contributed by atoms with E-state index in [0.29, 0.717) is 0 Å². The summed E-state index contributed by atoms with van der Waals surface area (Å²) in [6.45, 7) is 5.50. The molecule has 1 unspecified atom stereocenters. The van der Waals surface area contributed by atoms with Crippen molar-refractivity contribution in [2.75, 3.05) is 0 Å². The summed E-state index contributed by atoms with van der Waals surface area (Å²) in [5.74, 6) is -0.976. The number of benzene rings is 1. The van der Waals surface area contributed by atoms with Crippen LogP contribution in [0.4, 0.5) is 22.0 Å². The molecule has 138 valence electrons. The van der Waals surface area contributed by atoms with Crippen LogP contribution in [0.2, 0.25) is 0 Å². The van der Waals surface area contributed by atoms with Gasteiger partial charge in [-0.05, 0) is 33.8 Å². The second kappa shape index (κ2) is 7.05. The number of hydrogen-bond acceptors (Lipinski definition) is 2. The molecule has 0 aliphatic rings. The maximum atomic E-state index is 14.6. The van der Waals surface area contributed by atoms with Crippen molar-refractivity contribution in [1.29, 1.82) is 0 Å². The summed E-state index contributed by atoms with van der Waals surface area (Å²) >= 11 is 0. The molecule has 0 heterocycles. The Labute approximate surface area is 139 Å². The van der Waals surface area contributed by atoms with E-state index in [2.05, 4.69) is 4.72 Å². The SMILES string of the molecule is CC(C)(C)S(=O)N[C@](C)(c1ccccc1F)[C@@H](F)[C@H](O)C(F)(F)F. The van der Waals surface area contributed by atoms with Crippen molar-refractivity contribution in [3.63, 3.8) is 0 Å². The average molecular weight is 373 g/mol. The zero-order valence-corrected chi connectivity index (χ0v) is 14.4. The summed E-state index contributed by atoms with van der Waals surface area (Å²) in [5, 5.41) is 9.30. The molecule has 1 aromatic carbocycles. The average Bonchev–Trinajstić information content (AvgIpc) is 2.43. The number of rotatable bonds is 5. The molecule has 0 saturated carbocycles. The van der Waals surface area contributed by atoms with E-state index in [1.165, 1.54) is 32.9 Å². The minimum atomic E-state index is -5.25. The van der Waals surface area contributed by atoms with E-state index < -0.39 is 51.1 Å². The van der Waals surface area contributed by atoms with Crippen LogP contribution in [-0.2, 0) is 16.5 Å². The third-order valence-corrected chi connectivity index (χ3v) is 5.18. The molecule has 0 amide bonds. The summed E-state index contributed by atoms with van der Waals surface area (Å²) in [7, 11) is -2.01. The Morgan fingerprint density at radius 1 is 1.12 bits per heavy atom. The third-order valence-electron chi connectivity index (χ3n) is 3.46. The summed E-state index contributed by atoms with van der Waals surface area (Å²) in [4.78, 5) is 0.